The van der Waals surface area contributed by atoms with E-state index >= 15 is 0 Å². The molecule has 0 aliphatic carbocycles. The van der Waals surface area contributed by atoms with Crippen LogP contribution in [0, 0.1) is 6.92 Å². The van der Waals surface area contributed by atoms with Crippen molar-refractivity contribution in [3.8, 4) is 0 Å². The van der Waals surface area contributed by atoms with Gasteiger partial charge in [-0.25, -0.2) is 0 Å². The van der Waals surface area contributed by atoms with Crippen LogP contribution in [0.25, 0.3) is 0 Å². The number of hydrogen-bond donors (Lipinski definition) is 1. The SMILES string of the molecule is CNC(CCN1CCCC(C)(OC)C1)c1cccc(C)c1. The van der Waals surface area contributed by atoms with Crippen LogP contribution in [0.1, 0.15) is 43.4 Å². The van der Waals surface area contributed by atoms with E-state index < -0.39 is 0 Å². The summed E-state index contributed by atoms with van der Waals surface area (Å²) in [5.41, 5.74) is 2.76. The smallest absolute Gasteiger partial charge is 0.0777 e. The monoisotopic (exact) mass is 290 g/mol. The molecule has 21 heavy (non-hydrogen) atoms. The molecule has 1 aromatic carbocycles. The second-order valence-electron chi connectivity index (χ2n) is 6.58. The molecule has 1 saturated heterocycles. The Kier molecular flexibility index (Phi) is 5.80. The van der Waals surface area contributed by atoms with E-state index in [4.69, 9.17) is 4.74 Å². The van der Waals surface area contributed by atoms with E-state index in [0.717, 1.165) is 19.5 Å². The summed E-state index contributed by atoms with van der Waals surface area (Å²) >= 11 is 0. The van der Waals surface area contributed by atoms with Crippen molar-refractivity contribution in [3.63, 3.8) is 0 Å². The predicted octanol–water partition coefficient (Wildman–Crippen LogP) is 3.15. The van der Waals surface area contributed by atoms with Crippen molar-refractivity contribution in [1.29, 1.82) is 0 Å². The lowest BCUT2D eigenvalue weighted by atomic mass is 9.94. The molecule has 3 heteroatoms. The number of hydrogen-bond acceptors (Lipinski definition) is 3. The second kappa shape index (κ2) is 7.39. The van der Waals surface area contributed by atoms with Crippen molar-refractivity contribution in [2.24, 2.45) is 0 Å². The van der Waals surface area contributed by atoms with Gasteiger partial charge in [0.05, 0.1) is 5.60 Å². The molecule has 1 heterocycles. The Morgan fingerprint density at radius 3 is 2.90 bits per heavy atom. The topological polar surface area (TPSA) is 24.5 Å². The summed E-state index contributed by atoms with van der Waals surface area (Å²) < 4.78 is 5.69. The van der Waals surface area contributed by atoms with Gasteiger partial charge in [0.1, 0.15) is 0 Å². The van der Waals surface area contributed by atoms with Crippen LogP contribution in [0.3, 0.4) is 0 Å². The summed E-state index contributed by atoms with van der Waals surface area (Å²) in [6, 6.07) is 9.25. The molecule has 2 rings (SSSR count). The third-order valence-corrected chi connectivity index (χ3v) is 4.76. The minimum absolute atomic E-state index is 0.0384. The highest BCUT2D eigenvalue weighted by molar-refractivity contribution is 5.25. The minimum Gasteiger partial charge on any atom is -0.377 e. The van der Waals surface area contributed by atoms with E-state index in [1.54, 1.807) is 0 Å². The number of nitrogens with one attached hydrogen (secondary N) is 1. The molecule has 0 amide bonds. The first kappa shape index (κ1) is 16.5. The highest BCUT2D eigenvalue weighted by Gasteiger charge is 2.30. The maximum Gasteiger partial charge on any atom is 0.0777 e. The summed E-state index contributed by atoms with van der Waals surface area (Å²) in [4.78, 5) is 2.55. The van der Waals surface area contributed by atoms with E-state index in [9.17, 15) is 0 Å². The lowest BCUT2D eigenvalue weighted by Gasteiger charge is -2.40. The van der Waals surface area contributed by atoms with Crippen molar-refractivity contribution in [1.82, 2.24) is 10.2 Å². The molecule has 1 aliphatic rings. The first-order valence-corrected chi connectivity index (χ1v) is 8.08. The fourth-order valence-corrected chi connectivity index (χ4v) is 3.34. The van der Waals surface area contributed by atoms with Crippen LogP contribution in [-0.4, -0.2) is 44.3 Å². The predicted molar refractivity (Wildman–Crippen MR) is 88.7 cm³/mol. The maximum absolute atomic E-state index is 5.69. The number of aryl methyl sites for hydroxylation is 1. The average molecular weight is 290 g/mol. The van der Waals surface area contributed by atoms with Gasteiger partial charge in [-0.3, -0.25) is 0 Å². The molecule has 118 valence electrons. The highest BCUT2D eigenvalue weighted by Crippen LogP contribution is 2.25. The van der Waals surface area contributed by atoms with Gasteiger partial charge in [0.25, 0.3) is 0 Å². The Bertz CT molecular complexity index is 449. The first-order valence-electron chi connectivity index (χ1n) is 8.08. The van der Waals surface area contributed by atoms with Crippen LogP contribution in [-0.2, 0) is 4.74 Å². The molecule has 0 saturated carbocycles. The van der Waals surface area contributed by atoms with Crippen LogP contribution in [0.5, 0.6) is 0 Å². The molecule has 3 nitrogen and oxygen atoms in total. The van der Waals surface area contributed by atoms with Crippen LogP contribution in [0.2, 0.25) is 0 Å². The molecule has 2 unspecified atom stereocenters. The fourth-order valence-electron chi connectivity index (χ4n) is 3.34. The normalized spacial score (nSPS) is 25.0. The third-order valence-electron chi connectivity index (χ3n) is 4.76. The zero-order valence-electron chi connectivity index (χ0n) is 14.0. The number of ether oxygens (including phenoxy) is 1. The van der Waals surface area contributed by atoms with E-state index in [-0.39, 0.29) is 5.60 Å². The summed E-state index contributed by atoms with van der Waals surface area (Å²) in [5.74, 6) is 0. The Labute approximate surface area is 129 Å². The number of piperidine rings is 1. The van der Waals surface area contributed by atoms with E-state index in [1.165, 1.54) is 30.5 Å². The van der Waals surface area contributed by atoms with Crippen LogP contribution < -0.4 is 5.32 Å². The van der Waals surface area contributed by atoms with Gasteiger partial charge >= 0.3 is 0 Å². The lowest BCUT2D eigenvalue weighted by Crippen LogP contribution is -2.47. The Morgan fingerprint density at radius 1 is 1.43 bits per heavy atom. The molecule has 0 radical (unpaired) electrons. The van der Waals surface area contributed by atoms with E-state index in [0.29, 0.717) is 6.04 Å². The quantitative estimate of drug-likeness (QED) is 0.871. The second-order valence-corrected chi connectivity index (χ2v) is 6.58. The first-order chi connectivity index (χ1) is 10.1. The molecule has 1 aliphatic heterocycles. The van der Waals surface area contributed by atoms with Gasteiger partial charge in [0.15, 0.2) is 0 Å². The Morgan fingerprint density at radius 2 is 2.24 bits per heavy atom. The van der Waals surface area contributed by atoms with Crippen LogP contribution in [0.15, 0.2) is 24.3 Å². The molecule has 1 N–H and O–H groups in total. The van der Waals surface area contributed by atoms with Crippen molar-refractivity contribution in [2.75, 3.05) is 33.8 Å². The minimum atomic E-state index is 0.0384. The summed E-state index contributed by atoms with van der Waals surface area (Å²) in [7, 11) is 3.90. The van der Waals surface area contributed by atoms with E-state index in [1.807, 2.05) is 7.11 Å². The van der Waals surface area contributed by atoms with Gasteiger partial charge < -0.3 is 15.0 Å². The van der Waals surface area contributed by atoms with E-state index in [2.05, 4.69) is 55.4 Å². The lowest BCUT2D eigenvalue weighted by molar-refractivity contribution is -0.0511. The molecule has 0 bridgehead atoms. The summed E-state index contributed by atoms with van der Waals surface area (Å²) in [6.07, 6.45) is 3.55. The zero-order valence-corrected chi connectivity index (χ0v) is 14.0. The van der Waals surface area contributed by atoms with Crippen molar-refractivity contribution >= 4 is 0 Å². The standard InChI is InChI=1S/C18H30N2O/c1-15-7-5-8-16(13-15)17(19-3)9-12-20-11-6-10-18(2,14-20)21-4/h5,7-8,13,17,19H,6,9-12,14H2,1-4H3. The average Bonchev–Trinajstić information content (AvgIpc) is 2.48. The summed E-state index contributed by atoms with van der Waals surface area (Å²) in [5, 5.41) is 3.46. The van der Waals surface area contributed by atoms with Gasteiger partial charge in [-0.2, -0.15) is 0 Å². The molecule has 1 fully saturated rings. The molecule has 0 spiro atoms. The summed E-state index contributed by atoms with van der Waals surface area (Å²) in [6.45, 7) is 7.76. The number of rotatable bonds is 6. The van der Waals surface area contributed by atoms with Gasteiger partial charge in [0, 0.05) is 26.2 Å². The Balaban J connectivity index is 1.91. The molecule has 2 atom stereocenters. The molecular formula is C18H30N2O. The van der Waals surface area contributed by atoms with Gasteiger partial charge in [-0.05, 0) is 52.3 Å². The Hall–Kier alpha value is -0.900. The van der Waals surface area contributed by atoms with Gasteiger partial charge in [0.2, 0.25) is 0 Å². The van der Waals surface area contributed by atoms with Crippen LogP contribution in [0.4, 0.5) is 0 Å². The molecule has 0 aromatic heterocycles. The van der Waals surface area contributed by atoms with Crippen molar-refractivity contribution in [2.45, 2.75) is 44.8 Å². The fraction of sp³-hybridized carbons (Fsp3) is 0.667. The highest BCUT2D eigenvalue weighted by atomic mass is 16.5. The van der Waals surface area contributed by atoms with Gasteiger partial charge in [-0.15, -0.1) is 0 Å². The van der Waals surface area contributed by atoms with Gasteiger partial charge in [-0.1, -0.05) is 29.8 Å². The zero-order chi connectivity index (χ0) is 15.3. The number of likely N-dealkylation sites (tertiary alicyclic amines) is 1. The molecule has 1 aromatic rings. The van der Waals surface area contributed by atoms with Crippen molar-refractivity contribution in [3.05, 3.63) is 35.4 Å². The number of benzene rings is 1. The maximum atomic E-state index is 5.69. The largest absolute Gasteiger partial charge is 0.377 e. The van der Waals surface area contributed by atoms with Crippen LogP contribution >= 0.6 is 0 Å². The molecular weight excluding hydrogens is 260 g/mol. The number of nitrogens with zero attached hydrogens (tertiary/aromatic N) is 1. The number of methoxy groups -OCH3 is 1. The van der Waals surface area contributed by atoms with Crippen molar-refractivity contribution < 1.29 is 4.74 Å². The third kappa shape index (κ3) is 4.53.